The van der Waals surface area contributed by atoms with Gasteiger partial charge in [-0.3, -0.25) is 0 Å². The highest BCUT2D eigenvalue weighted by atomic mass is 16.3. The molecule has 15 heavy (non-hydrogen) atoms. The maximum Gasteiger partial charge on any atom is 0.107 e. The zero-order valence-corrected chi connectivity index (χ0v) is 9.20. The zero-order valence-electron chi connectivity index (χ0n) is 9.20. The van der Waals surface area contributed by atoms with E-state index in [0.29, 0.717) is 12.5 Å². The summed E-state index contributed by atoms with van der Waals surface area (Å²) in [6, 6.07) is 4.22. The van der Waals surface area contributed by atoms with E-state index in [1.807, 2.05) is 0 Å². The van der Waals surface area contributed by atoms with Gasteiger partial charge in [0.2, 0.25) is 0 Å². The first-order valence-electron chi connectivity index (χ1n) is 5.92. The fraction of sp³-hybridized carbons (Fsp3) is 0.692. The molecule has 1 N–H and O–H groups in total. The first-order chi connectivity index (χ1) is 7.22. The lowest BCUT2D eigenvalue weighted by molar-refractivity contribution is 0.204. The Labute approximate surface area is 90.3 Å². The number of hydrogen-bond acceptors (Lipinski definition) is 2. The van der Waals surface area contributed by atoms with Crippen molar-refractivity contribution in [2.75, 3.05) is 6.61 Å². The standard InChI is InChI=1S/C13H18O2/c1-9-6-11(9)12-3-2-10(15-12)7-13(8-14)4-5-13/h2-3,9,11,14H,4-8H2,1H3. The summed E-state index contributed by atoms with van der Waals surface area (Å²) in [6.07, 6.45) is 4.50. The van der Waals surface area contributed by atoms with Crippen molar-refractivity contribution >= 4 is 0 Å². The van der Waals surface area contributed by atoms with Gasteiger partial charge in [0.1, 0.15) is 11.5 Å². The molecular formula is C13H18O2. The van der Waals surface area contributed by atoms with E-state index in [1.165, 1.54) is 6.42 Å². The minimum Gasteiger partial charge on any atom is -0.466 e. The van der Waals surface area contributed by atoms with E-state index in [1.54, 1.807) is 0 Å². The lowest BCUT2D eigenvalue weighted by atomic mass is 10.0. The summed E-state index contributed by atoms with van der Waals surface area (Å²) in [5.74, 6) is 3.70. The fourth-order valence-corrected chi connectivity index (χ4v) is 2.34. The van der Waals surface area contributed by atoms with Crippen LogP contribution in [-0.4, -0.2) is 11.7 Å². The van der Waals surface area contributed by atoms with Crippen LogP contribution in [0.4, 0.5) is 0 Å². The van der Waals surface area contributed by atoms with Gasteiger partial charge >= 0.3 is 0 Å². The summed E-state index contributed by atoms with van der Waals surface area (Å²) < 4.78 is 5.84. The molecule has 2 unspecified atom stereocenters. The van der Waals surface area contributed by atoms with Crippen molar-refractivity contribution in [2.45, 2.75) is 38.5 Å². The average Bonchev–Trinajstić information content (AvgIpc) is 3.10. The Kier molecular flexibility index (Phi) is 1.96. The van der Waals surface area contributed by atoms with Crippen molar-refractivity contribution in [3.63, 3.8) is 0 Å². The number of furan rings is 1. The highest BCUT2D eigenvalue weighted by Gasteiger charge is 2.43. The van der Waals surface area contributed by atoms with E-state index in [4.69, 9.17) is 4.42 Å². The average molecular weight is 206 g/mol. The second kappa shape index (κ2) is 3.11. The van der Waals surface area contributed by atoms with E-state index in [0.717, 1.165) is 36.7 Å². The highest BCUT2D eigenvalue weighted by molar-refractivity contribution is 5.19. The maximum atomic E-state index is 9.25. The summed E-state index contributed by atoms with van der Waals surface area (Å²) in [5, 5.41) is 9.25. The van der Waals surface area contributed by atoms with E-state index >= 15 is 0 Å². The molecule has 0 spiro atoms. The van der Waals surface area contributed by atoms with Gasteiger partial charge in [-0.25, -0.2) is 0 Å². The zero-order chi connectivity index (χ0) is 10.5. The fourth-order valence-electron chi connectivity index (χ4n) is 2.34. The molecule has 0 radical (unpaired) electrons. The molecule has 2 aliphatic carbocycles. The third-order valence-electron chi connectivity index (χ3n) is 4.00. The predicted octanol–water partition coefficient (Wildman–Crippen LogP) is 2.72. The van der Waals surface area contributed by atoms with Crippen LogP contribution in [0.2, 0.25) is 0 Å². The number of aliphatic hydroxyl groups excluding tert-OH is 1. The molecule has 0 aromatic carbocycles. The van der Waals surface area contributed by atoms with Gasteiger partial charge in [0.15, 0.2) is 0 Å². The molecule has 1 heterocycles. The van der Waals surface area contributed by atoms with Crippen LogP contribution in [-0.2, 0) is 6.42 Å². The molecule has 0 aliphatic heterocycles. The van der Waals surface area contributed by atoms with Gasteiger partial charge in [-0.05, 0) is 37.3 Å². The summed E-state index contributed by atoms with van der Waals surface area (Å²) in [6.45, 7) is 2.58. The number of rotatable bonds is 4. The molecule has 1 aromatic heterocycles. The van der Waals surface area contributed by atoms with Gasteiger partial charge in [-0.1, -0.05) is 6.92 Å². The third kappa shape index (κ3) is 1.71. The normalized spacial score (nSPS) is 31.6. The largest absolute Gasteiger partial charge is 0.466 e. The van der Waals surface area contributed by atoms with Gasteiger partial charge in [-0.2, -0.15) is 0 Å². The minimum atomic E-state index is 0.171. The van der Waals surface area contributed by atoms with Crippen molar-refractivity contribution < 1.29 is 9.52 Å². The van der Waals surface area contributed by atoms with E-state index in [2.05, 4.69) is 19.1 Å². The smallest absolute Gasteiger partial charge is 0.107 e. The van der Waals surface area contributed by atoms with Gasteiger partial charge in [0.05, 0.1) is 0 Å². The Morgan fingerprint density at radius 2 is 2.20 bits per heavy atom. The van der Waals surface area contributed by atoms with Crippen LogP contribution in [0.5, 0.6) is 0 Å². The van der Waals surface area contributed by atoms with Crippen LogP contribution >= 0.6 is 0 Å². The van der Waals surface area contributed by atoms with E-state index in [-0.39, 0.29) is 5.41 Å². The van der Waals surface area contributed by atoms with Crippen LogP contribution in [0.3, 0.4) is 0 Å². The molecule has 2 nitrogen and oxygen atoms in total. The summed E-state index contributed by atoms with van der Waals surface area (Å²) in [7, 11) is 0. The maximum absolute atomic E-state index is 9.25. The van der Waals surface area contributed by atoms with Crippen molar-refractivity contribution in [2.24, 2.45) is 11.3 Å². The third-order valence-corrected chi connectivity index (χ3v) is 4.00. The van der Waals surface area contributed by atoms with Crippen molar-refractivity contribution in [3.8, 4) is 0 Å². The second-order valence-corrected chi connectivity index (χ2v) is 5.46. The summed E-state index contributed by atoms with van der Waals surface area (Å²) >= 11 is 0. The summed E-state index contributed by atoms with van der Waals surface area (Å²) in [5.41, 5.74) is 0.171. The molecular weight excluding hydrogens is 188 g/mol. The highest BCUT2D eigenvalue weighted by Crippen LogP contribution is 2.50. The molecule has 0 amide bonds. The van der Waals surface area contributed by atoms with Crippen LogP contribution in [0.1, 0.15) is 43.6 Å². The van der Waals surface area contributed by atoms with Crippen molar-refractivity contribution in [3.05, 3.63) is 23.7 Å². The first-order valence-corrected chi connectivity index (χ1v) is 5.92. The van der Waals surface area contributed by atoms with E-state index < -0.39 is 0 Å². The van der Waals surface area contributed by atoms with Gasteiger partial charge in [0.25, 0.3) is 0 Å². The van der Waals surface area contributed by atoms with Crippen LogP contribution in [0.25, 0.3) is 0 Å². The lowest BCUT2D eigenvalue weighted by Gasteiger charge is -2.08. The molecule has 0 bridgehead atoms. The molecule has 3 rings (SSSR count). The van der Waals surface area contributed by atoms with Crippen LogP contribution < -0.4 is 0 Å². The Morgan fingerprint density at radius 3 is 2.73 bits per heavy atom. The lowest BCUT2D eigenvalue weighted by Crippen LogP contribution is -2.09. The van der Waals surface area contributed by atoms with Crippen molar-refractivity contribution in [1.82, 2.24) is 0 Å². The quantitative estimate of drug-likeness (QED) is 0.821. The SMILES string of the molecule is CC1CC1c1ccc(CC2(CO)CC2)o1. The molecule has 2 aliphatic rings. The molecule has 1 aromatic rings. The Morgan fingerprint density at radius 1 is 1.47 bits per heavy atom. The molecule has 0 saturated heterocycles. The van der Waals surface area contributed by atoms with E-state index in [9.17, 15) is 5.11 Å². The molecule has 2 fully saturated rings. The van der Waals surface area contributed by atoms with Crippen LogP contribution in [0, 0.1) is 11.3 Å². The van der Waals surface area contributed by atoms with Crippen LogP contribution in [0.15, 0.2) is 16.5 Å². The molecule has 2 heteroatoms. The Hall–Kier alpha value is -0.760. The Balaban J connectivity index is 1.68. The Bertz CT molecular complexity index is 362. The molecule has 2 atom stereocenters. The first kappa shape index (κ1) is 9.46. The summed E-state index contributed by atoms with van der Waals surface area (Å²) in [4.78, 5) is 0. The second-order valence-electron chi connectivity index (χ2n) is 5.46. The topological polar surface area (TPSA) is 33.4 Å². The number of hydrogen-bond donors (Lipinski definition) is 1. The molecule has 82 valence electrons. The van der Waals surface area contributed by atoms with Gasteiger partial charge in [-0.15, -0.1) is 0 Å². The monoisotopic (exact) mass is 206 g/mol. The number of aliphatic hydroxyl groups is 1. The van der Waals surface area contributed by atoms with Gasteiger partial charge < -0.3 is 9.52 Å². The predicted molar refractivity (Wildman–Crippen MR) is 57.7 cm³/mol. The molecule has 2 saturated carbocycles. The minimum absolute atomic E-state index is 0.171. The van der Waals surface area contributed by atoms with Gasteiger partial charge in [0, 0.05) is 24.4 Å². The van der Waals surface area contributed by atoms with Crippen molar-refractivity contribution in [1.29, 1.82) is 0 Å².